The molecule has 4 heteroatoms. The molecular formula is C18H15FN2O. The highest BCUT2D eigenvalue weighted by molar-refractivity contribution is 6.10. The lowest BCUT2D eigenvalue weighted by Gasteiger charge is -2.09. The van der Waals surface area contributed by atoms with Crippen molar-refractivity contribution in [2.75, 3.05) is 5.32 Å². The highest BCUT2D eigenvalue weighted by Crippen LogP contribution is 2.19. The lowest BCUT2D eigenvalue weighted by atomic mass is 10.1. The van der Waals surface area contributed by atoms with Gasteiger partial charge in [-0.1, -0.05) is 24.3 Å². The first kappa shape index (κ1) is 15.5. The zero-order chi connectivity index (χ0) is 16.1. The van der Waals surface area contributed by atoms with Crippen LogP contribution in [0.4, 0.5) is 10.1 Å². The second-order valence-electron chi connectivity index (χ2n) is 4.92. The quantitative estimate of drug-likeness (QED) is 0.687. The van der Waals surface area contributed by atoms with Crippen LogP contribution in [0.5, 0.6) is 0 Å². The standard InChI is InChI=1S/C18H15FN2O/c1-12-4-3-5-17(13(12)2)21-18(22)15(11-20)10-14-6-8-16(19)9-7-14/h3-10H,1-2H3,(H,21,22)/b15-10+. The Hall–Kier alpha value is -2.93. The zero-order valence-electron chi connectivity index (χ0n) is 12.4. The number of carbonyl (C=O) groups excluding carboxylic acids is 1. The Morgan fingerprint density at radius 2 is 1.86 bits per heavy atom. The van der Waals surface area contributed by atoms with Crippen molar-refractivity contribution in [2.24, 2.45) is 0 Å². The number of rotatable bonds is 3. The molecule has 0 aliphatic carbocycles. The number of aryl methyl sites for hydroxylation is 1. The van der Waals surface area contributed by atoms with Crippen molar-refractivity contribution >= 4 is 17.7 Å². The Morgan fingerprint density at radius 3 is 2.50 bits per heavy atom. The van der Waals surface area contributed by atoms with E-state index < -0.39 is 5.91 Å². The van der Waals surface area contributed by atoms with E-state index in [0.29, 0.717) is 11.3 Å². The predicted octanol–water partition coefficient (Wildman–Crippen LogP) is 3.99. The van der Waals surface area contributed by atoms with Gasteiger partial charge in [0.05, 0.1) is 0 Å². The minimum Gasteiger partial charge on any atom is -0.321 e. The molecule has 0 spiro atoms. The third kappa shape index (κ3) is 3.58. The number of anilines is 1. The Balaban J connectivity index is 2.24. The highest BCUT2D eigenvalue weighted by Gasteiger charge is 2.11. The summed E-state index contributed by atoms with van der Waals surface area (Å²) in [5.74, 6) is -0.851. The summed E-state index contributed by atoms with van der Waals surface area (Å²) in [5, 5.41) is 11.9. The number of carbonyl (C=O) groups is 1. The van der Waals surface area contributed by atoms with E-state index in [9.17, 15) is 9.18 Å². The van der Waals surface area contributed by atoms with E-state index in [1.807, 2.05) is 32.0 Å². The van der Waals surface area contributed by atoms with Crippen molar-refractivity contribution in [3.05, 3.63) is 70.5 Å². The summed E-state index contributed by atoms with van der Waals surface area (Å²) in [6, 6.07) is 13.0. The summed E-state index contributed by atoms with van der Waals surface area (Å²) in [7, 11) is 0. The lowest BCUT2D eigenvalue weighted by molar-refractivity contribution is -0.112. The molecule has 1 N–H and O–H groups in total. The van der Waals surface area contributed by atoms with Gasteiger partial charge in [-0.3, -0.25) is 4.79 Å². The van der Waals surface area contributed by atoms with Gasteiger partial charge in [0.1, 0.15) is 17.5 Å². The fourth-order valence-corrected chi connectivity index (χ4v) is 1.95. The molecule has 0 unspecified atom stereocenters. The molecule has 0 radical (unpaired) electrons. The second-order valence-corrected chi connectivity index (χ2v) is 4.92. The lowest BCUT2D eigenvalue weighted by Crippen LogP contribution is -2.14. The van der Waals surface area contributed by atoms with Gasteiger partial charge in [0, 0.05) is 5.69 Å². The Labute approximate surface area is 128 Å². The molecular weight excluding hydrogens is 279 g/mol. The predicted molar refractivity (Wildman–Crippen MR) is 84.5 cm³/mol. The van der Waals surface area contributed by atoms with Gasteiger partial charge in [-0.15, -0.1) is 0 Å². The van der Waals surface area contributed by atoms with E-state index in [1.54, 1.807) is 6.07 Å². The van der Waals surface area contributed by atoms with E-state index in [-0.39, 0.29) is 11.4 Å². The topological polar surface area (TPSA) is 52.9 Å². The van der Waals surface area contributed by atoms with Crippen molar-refractivity contribution in [3.63, 3.8) is 0 Å². The minimum atomic E-state index is -0.486. The number of benzene rings is 2. The van der Waals surface area contributed by atoms with E-state index in [1.165, 1.54) is 30.3 Å². The van der Waals surface area contributed by atoms with Gasteiger partial charge in [-0.25, -0.2) is 4.39 Å². The largest absolute Gasteiger partial charge is 0.321 e. The number of amides is 1. The molecule has 0 aromatic heterocycles. The third-order valence-electron chi connectivity index (χ3n) is 3.40. The molecule has 2 rings (SSSR count). The molecule has 0 aliphatic heterocycles. The summed E-state index contributed by atoms with van der Waals surface area (Å²) in [6.07, 6.45) is 1.43. The Kier molecular flexibility index (Phi) is 4.70. The van der Waals surface area contributed by atoms with Crippen LogP contribution in [0, 0.1) is 31.0 Å². The summed E-state index contributed by atoms with van der Waals surface area (Å²) in [6.45, 7) is 3.85. The maximum Gasteiger partial charge on any atom is 0.266 e. The van der Waals surface area contributed by atoms with Crippen LogP contribution in [0.2, 0.25) is 0 Å². The summed E-state index contributed by atoms with van der Waals surface area (Å²) < 4.78 is 12.9. The van der Waals surface area contributed by atoms with Crippen LogP contribution in [0.25, 0.3) is 6.08 Å². The average Bonchev–Trinajstić information content (AvgIpc) is 2.51. The normalized spacial score (nSPS) is 10.9. The minimum absolute atomic E-state index is 0.0347. The van der Waals surface area contributed by atoms with E-state index in [4.69, 9.17) is 5.26 Å². The van der Waals surface area contributed by atoms with Crippen molar-refractivity contribution in [2.45, 2.75) is 13.8 Å². The molecule has 0 saturated heterocycles. The van der Waals surface area contributed by atoms with E-state index in [0.717, 1.165) is 11.1 Å². The maximum absolute atomic E-state index is 12.9. The van der Waals surface area contributed by atoms with Gasteiger partial charge in [0.2, 0.25) is 0 Å². The monoisotopic (exact) mass is 294 g/mol. The number of nitrogens with one attached hydrogen (secondary N) is 1. The van der Waals surface area contributed by atoms with Crippen LogP contribution >= 0.6 is 0 Å². The van der Waals surface area contributed by atoms with Crippen LogP contribution in [0.3, 0.4) is 0 Å². The van der Waals surface area contributed by atoms with Crippen LogP contribution in [0.15, 0.2) is 48.0 Å². The van der Waals surface area contributed by atoms with Gasteiger partial charge < -0.3 is 5.32 Å². The van der Waals surface area contributed by atoms with Crippen molar-refractivity contribution in [1.82, 2.24) is 0 Å². The fourth-order valence-electron chi connectivity index (χ4n) is 1.95. The molecule has 0 fully saturated rings. The van der Waals surface area contributed by atoms with Crippen molar-refractivity contribution in [1.29, 1.82) is 5.26 Å². The third-order valence-corrected chi connectivity index (χ3v) is 3.40. The highest BCUT2D eigenvalue weighted by atomic mass is 19.1. The molecule has 2 aromatic carbocycles. The Morgan fingerprint density at radius 1 is 1.18 bits per heavy atom. The zero-order valence-corrected chi connectivity index (χ0v) is 12.4. The first-order valence-electron chi connectivity index (χ1n) is 6.76. The van der Waals surface area contributed by atoms with Crippen LogP contribution in [-0.2, 0) is 4.79 Å². The van der Waals surface area contributed by atoms with Gasteiger partial charge in [-0.2, -0.15) is 5.26 Å². The molecule has 110 valence electrons. The number of nitriles is 1. The first-order valence-corrected chi connectivity index (χ1v) is 6.76. The first-order chi connectivity index (χ1) is 10.5. The molecule has 0 aliphatic rings. The summed E-state index contributed by atoms with van der Waals surface area (Å²) in [5.41, 5.74) is 3.24. The number of halogens is 1. The molecule has 22 heavy (non-hydrogen) atoms. The van der Waals surface area contributed by atoms with Crippen molar-refractivity contribution < 1.29 is 9.18 Å². The molecule has 0 saturated carbocycles. The molecule has 0 atom stereocenters. The Bertz CT molecular complexity index is 771. The number of hydrogen-bond donors (Lipinski definition) is 1. The van der Waals surface area contributed by atoms with Crippen molar-refractivity contribution in [3.8, 4) is 6.07 Å². The van der Waals surface area contributed by atoms with Gasteiger partial charge in [0.15, 0.2) is 0 Å². The molecule has 0 heterocycles. The fraction of sp³-hybridized carbons (Fsp3) is 0.111. The van der Waals surface area contributed by atoms with Gasteiger partial charge in [-0.05, 0) is 54.8 Å². The smallest absolute Gasteiger partial charge is 0.266 e. The van der Waals surface area contributed by atoms with Gasteiger partial charge in [0.25, 0.3) is 5.91 Å². The number of hydrogen-bond acceptors (Lipinski definition) is 2. The van der Waals surface area contributed by atoms with Crippen LogP contribution in [0.1, 0.15) is 16.7 Å². The van der Waals surface area contributed by atoms with Crippen LogP contribution in [-0.4, -0.2) is 5.91 Å². The maximum atomic E-state index is 12.9. The average molecular weight is 294 g/mol. The molecule has 2 aromatic rings. The van der Waals surface area contributed by atoms with E-state index in [2.05, 4.69) is 5.32 Å². The molecule has 3 nitrogen and oxygen atoms in total. The second kappa shape index (κ2) is 6.68. The summed E-state index contributed by atoms with van der Waals surface area (Å²) >= 11 is 0. The van der Waals surface area contributed by atoms with Gasteiger partial charge >= 0.3 is 0 Å². The van der Waals surface area contributed by atoms with Crippen LogP contribution < -0.4 is 5.32 Å². The molecule has 1 amide bonds. The SMILES string of the molecule is Cc1cccc(NC(=O)/C(C#N)=C/c2ccc(F)cc2)c1C. The molecule has 0 bridgehead atoms. The summed E-state index contributed by atoms with van der Waals surface area (Å²) in [4.78, 5) is 12.2. The number of nitrogens with zero attached hydrogens (tertiary/aromatic N) is 1. The van der Waals surface area contributed by atoms with E-state index >= 15 is 0 Å².